The summed E-state index contributed by atoms with van der Waals surface area (Å²) in [5, 5.41) is 2.73. The van der Waals surface area contributed by atoms with Crippen molar-refractivity contribution in [1.29, 1.82) is 0 Å². The smallest absolute Gasteiger partial charge is 0.407 e. The molecule has 0 radical (unpaired) electrons. The minimum absolute atomic E-state index is 0.200. The summed E-state index contributed by atoms with van der Waals surface area (Å²) >= 11 is 0. The first kappa shape index (κ1) is 15.2. The topological polar surface area (TPSA) is 87.0 Å². The number of carbonyl (C=O) groups is 1. The molecule has 2 aromatic rings. The van der Waals surface area contributed by atoms with Crippen LogP contribution in [0.25, 0.3) is 11.0 Å². The SMILES string of the molecule is CC(C)(C)OC(=O)NCCCc1ccc2[nH]c(=O)[nH]c2c1. The van der Waals surface area contributed by atoms with Crippen LogP contribution in [-0.4, -0.2) is 28.2 Å². The highest BCUT2D eigenvalue weighted by Gasteiger charge is 2.15. The Kier molecular flexibility index (Phi) is 4.35. The number of carbonyl (C=O) groups excluding carboxylic acids is 1. The molecule has 0 aliphatic rings. The molecule has 1 aromatic carbocycles. The number of imidazole rings is 1. The summed E-state index contributed by atoms with van der Waals surface area (Å²) in [5.74, 6) is 0. The van der Waals surface area contributed by atoms with Gasteiger partial charge in [-0.25, -0.2) is 9.59 Å². The second-order valence-electron chi connectivity index (χ2n) is 5.99. The molecule has 0 unspecified atom stereocenters. The summed E-state index contributed by atoms with van der Waals surface area (Å²) in [6.07, 6.45) is 1.23. The molecular formula is C15H21N3O3. The number of aromatic nitrogens is 2. The molecule has 0 fully saturated rings. The van der Waals surface area contributed by atoms with Gasteiger partial charge < -0.3 is 20.0 Å². The average Bonchev–Trinajstić information content (AvgIpc) is 2.71. The maximum absolute atomic E-state index is 11.5. The third-order valence-corrected chi connectivity index (χ3v) is 2.89. The monoisotopic (exact) mass is 291 g/mol. The third kappa shape index (κ3) is 4.66. The molecule has 114 valence electrons. The van der Waals surface area contributed by atoms with Gasteiger partial charge in [-0.1, -0.05) is 6.07 Å². The van der Waals surface area contributed by atoms with Crippen molar-refractivity contribution in [2.24, 2.45) is 0 Å². The minimum Gasteiger partial charge on any atom is -0.444 e. The Morgan fingerprint density at radius 2 is 1.95 bits per heavy atom. The first-order valence-corrected chi connectivity index (χ1v) is 7.01. The summed E-state index contributed by atoms with van der Waals surface area (Å²) in [6, 6.07) is 5.80. The number of amides is 1. The number of aromatic amines is 2. The highest BCUT2D eigenvalue weighted by molar-refractivity contribution is 5.75. The zero-order valence-electron chi connectivity index (χ0n) is 12.6. The fourth-order valence-corrected chi connectivity index (χ4v) is 2.03. The van der Waals surface area contributed by atoms with E-state index in [1.54, 1.807) is 0 Å². The third-order valence-electron chi connectivity index (χ3n) is 2.89. The Labute approximate surface area is 122 Å². The lowest BCUT2D eigenvalue weighted by Crippen LogP contribution is -2.33. The van der Waals surface area contributed by atoms with E-state index >= 15 is 0 Å². The second-order valence-corrected chi connectivity index (χ2v) is 5.99. The molecule has 1 amide bonds. The van der Waals surface area contributed by atoms with Crippen LogP contribution in [0.3, 0.4) is 0 Å². The van der Waals surface area contributed by atoms with Crippen LogP contribution >= 0.6 is 0 Å². The Balaban J connectivity index is 1.80. The van der Waals surface area contributed by atoms with Crippen molar-refractivity contribution in [3.63, 3.8) is 0 Å². The molecule has 3 N–H and O–H groups in total. The first-order valence-electron chi connectivity index (χ1n) is 7.01. The molecular weight excluding hydrogens is 270 g/mol. The molecule has 0 atom stereocenters. The fourth-order valence-electron chi connectivity index (χ4n) is 2.03. The predicted octanol–water partition coefficient (Wildman–Crippen LogP) is 2.31. The number of hydrogen-bond acceptors (Lipinski definition) is 3. The number of alkyl carbamates (subject to hydrolysis) is 1. The van der Waals surface area contributed by atoms with Gasteiger partial charge in [-0.2, -0.15) is 0 Å². The van der Waals surface area contributed by atoms with Gasteiger partial charge >= 0.3 is 11.8 Å². The number of rotatable bonds is 4. The van der Waals surface area contributed by atoms with Crippen LogP contribution < -0.4 is 11.0 Å². The molecule has 0 bridgehead atoms. The van der Waals surface area contributed by atoms with E-state index in [1.165, 1.54) is 0 Å². The van der Waals surface area contributed by atoms with Crippen LogP contribution in [0.4, 0.5) is 4.79 Å². The summed E-state index contributed by atoms with van der Waals surface area (Å²) < 4.78 is 5.16. The van der Waals surface area contributed by atoms with Crippen LogP contribution in [0.1, 0.15) is 32.8 Å². The summed E-state index contributed by atoms with van der Waals surface area (Å²) in [4.78, 5) is 28.1. The lowest BCUT2D eigenvalue weighted by molar-refractivity contribution is 0.0527. The van der Waals surface area contributed by atoms with E-state index in [4.69, 9.17) is 4.74 Å². The largest absolute Gasteiger partial charge is 0.444 e. The van der Waals surface area contributed by atoms with Gasteiger partial charge in [-0.05, 0) is 51.3 Å². The van der Waals surface area contributed by atoms with Crippen molar-refractivity contribution in [2.75, 3.05) is 6.54 Å². The van der Waals surface area contributed by atoms with E-state index in [2.05, 4.69) is 15.3 Å². The van der Waals surface area contributed by atoms with E-state index < -0.39 is 11.7 Å². The van der Waals surface area contributed by atoms with E-state index in [-0.39, 0.29) is 5.69 Å². The van der Waals surface area contributed by atoms with Gasteiger partial charge in [0.15, 0.2) is 0 Å². The normalized spacial score (nSPS) is 11.6. The van der Waals surface area contributed by atoms with Crippen LogP contribution in [0, 0.1) is 0 Å². The van der Waals surface area contributed by atoms with Crippen LogP contribution in [0.15, 0.2) is 23.0 Å². The Morgan fingerprint density at radius 3 is 2.67 bits per heavy atom. The van der Waals surface area contributed by atoms with Gasteiger partial charge in [0, 0.05) is 6.54 Å². The minimum atomic E-state index is -0.477. The van der Waals surface area contributed by atoms with Crippen molar-refractivity contribution in [1.82, 2.24) is 15.3 Å². The number of fused-ring (bicyclic) bond motifs is 1. The van der Waals surface area contributed by atoms with Gasteiger partial charge in [0.2, 0.25) is 0 Å². The van der Waals surface area contributed by atoms with Crippen molar-refractivity contribution in [3.8, 4) is 0 Å². The molecule has 0 spiro atoms. The molecule has 0 saturated heterocycles. The molecule has 21 heavy (non-hydrogen) atoms. The van der Waals surface area contributed by atoms with E-state index in [1.807, 2.05) is 39.0 Å². The number of H-pyrrole nitrogens is 2. The van der Waals surface area contributed by atoms with Gasteiger partial charge in [0.05, 0.1) is 11.0 Å². The molecule has 1 heterocycles. The maximum Gasteiger partial charge on any atom is 0.407 e. The fraction of sp³-hybridized carbons (Fsp3) is 0.467. The standard InChI is InChI=1S/C15H21N3O3/c1-15(2,3)21-14(20)16-8-4-5-10-6-7-11-12(9-10)18-13(19)17-11/h6-7,9H,4-5,8H2,1-3H3,(H,16,20)(H2,17,18,19). The van der Waals surface area contributed by atoms with Crippen molar-refractivity contribution in [3.05, 3.63) is 34.2 Å². The lowest BCUT2D eigenvalue weighted by atomic mass is 10.1. The average molecular weight is 291 g/mol. The first-order chi connectivity index (χ1) is 9.83. The predicted molar refractivity (Wildman–Crippen MR) is 81.5 cm³/mol. The van der Waals surface area contributed by atoms with E-state index in [9.17, 15) is 9.59 Å². The highest BCUT2D eigenvalue weighted by Crippen LogP contribution is 2.11. The highest BCUT2D eigenvalue weighted by atomic mass is 16.6. The molecule has 0 aliphatic carbocycles. The Morgan fingerprint density at radius 1 is 1.24 bits per heavy atom. The van der Waals surface area contributed by atoms with Crippen LogP contribution in [-0.2, 0) is 11.2 Å². The Bertz CT molecular complexity index is 679. The van der Waals surface area contributed by atoms with E-state index in [0.29, 0.717) is 6.54 Å². The lowest BCUT2D eigenvalue weighted by Gasteiger charge is -2.19. The molecule has 2 rings (SSSR count). The van der Waals surface area contributed by atoms with Crippen LogP contribution in [0.5, 0.6) is 0 Å². The molecule has 6 nitrogen and oxygen atoms in total. The Hall–Kier alpha value is -2.24. The van der Waals surface area contributed by atoms with Crippen molar-refractivity contribution >= 4 is 17.1 Å². The van der Waals surface area contributed by atoms with Gasteiger partial charge in [0.25, 0.3) is 0 Å². The number of ether oxygens (including phenoxy) is 1. The number of nitrogens with one attached hydrogen (secondary N) is 3. The zero-order valence-corrected chi connectivity index (χ0v) is 12.6. The molecule has 1 aromatic heterocycles. The van der Waals surface area contributed by atoms with Crippen LogP contribution in [0.2, 0.25) is 0 Å². The van der Waals surface area contributed by atoms with Gasteiger partial charge in [-0.3, -0.25) is 0 Å². The van der Waals surface area contributed by atoms with Gasteiger partial charge in [0.1, 0.15) is 5.60 Å². The second kappa shape index (κ2) is 6.03. The number of aryl methyl sites for hydroxylation is 1. The van der Waals surface area contributed by atoms with E-state index in [0.717, 1.165) is 29.4 Å². The van der Waals surface area contributed by atoms with Crippen molar-refractivity contribution in [2.45, 2.75) is 39.2 Å². The molecule has 0 saturated carbocycles. The maximum atomic E-state index is 11.5. The molecule has 0 aliphatic heterocycles. The zero-order chi connectivity index (χ0) is 15.5. The summed E-state index contributed by atoms with van der Waals surface area (Å²) in [5.41, 5.74) is 2.04. The van der Waals surface area contributed by atoms with Crippen molar-refractivity contribution < 1.29 is 9.53 Å². The number of benzene rings is 1. The quantitative estimate of drug-likeness (QED) is 0.755. The van der Waals surface area contributed by atoms with Gasteiger partial charge in [-0.15, -0.1) is 0 Å². The summed E-state index contributed by atoms with van der Waals surface area (Å²) in [6.45, 7) is 6.05. The molecule has 6 heteroatoms. The summed E-state index contributed by atoms with van der Waals surface area (Å²) in [7, 11) is 0. The number of hydrogen-bond donors (Lipinski definition) is 3.